The highest BCUT2D eigenvalue weighted by atomic mass is 32.2. The number of amides is 3. The average Bonchev–Trinajstić information content (AvgIpc) is 2.97. The number of likely N-dealkylation sites (N-methyl/N-ethyl adjacent to an activating group) is 2. The highest BCUT2D eigenvalue weighted by Crippen LogP contribution is 2.29. The lowest BCUT2D eigenvalue weighted by atomic mass is 9.76. The molecule has 254 valence electrons. The van der Waals surface area contributed by atoms with Crippen molar-refractivity contribution in [3.05, 3.63) is 82.9 Å². The third-order valence-electron chi connectivity index (χ3n) is 8.31. The normalized spacial score (nSPS) is 14.7. The number of benzene rings is 2. The van der Waals surface area contributed by atoms with Gasteiger partial charge in [0.25, 0.3) is 5.91 Å². The van der Waals surface area contributed by atoms with Crippen molar-refractivity contribution in [2.45, 2.75) is 91.2 Å². The number of carbonyl (C=O) groups is 3. The van der Waals surface area contributed by atoms with Gasteiger partial charge >= 0.3 is 0 Å². The van der Waals surface area contributed by atoms with E-state index in [4.69, 9.17) is 5.73 Å². The highest BCUT2D eigenvalue weighted by molar-refractivity contribution is 7.89. The van der Waals surface area contributed by atoms with Gasteiger partial charge in [-0.25, -0.2) is 13.1 Å². The van der Waals surface area contributed by atoms with E-state index in [-0.39, 0.29) is 29.1 Å². The Morgan fingerprint density at radius 3 is 1.93 bits per heavy atom. The maximum Gasteiger partial charge on any atom is 0.260 e. The van der Waals surface area contributed by atoms with Crippen molar-refractivity contribution in [2.75, 3.05) is 14.1 Å². The minimum atomic E-state index is -3.99. The molecule has 0 aliphatic heterocycles. The number of carbonyl (C=O) groups excluding carboxylic acids is 3. The van der Waals surface area contributed by atoms with E-state index in [9.17, 15) is 22.8 Å². The third-order valence-corrected chi connectivity index (χ3v) is 9.52. The minimum absolute atomic E-state index is 0.132. The van der Waals surface area contributed by atoms with Crippen LogP contribution in [0, 0.1) is 11.3 Å². The minimum Gasteiger partial charge on any atom is -0.342 e. The zero-order valence-electron chi connectivity index (χ0n) is 29.0. The molecule has 0 aliphatic rings. The van der Waals surface area contributed by atoms with Crippen molar-refractivity contribution in [1.29, 1.82) is 0 Å². The fourth-order valence-corrected chi connectivity index (χ4v) is 6.56. The second-order valence-electron chi connectivity index (χ2n) is 13.9. The first kappa shape index (κ1) is 38.6. The van der Waals surface area contributed by atoms with Crippen LogP contribution in [0.15, 0.2) is 66.2 Å². The Bertz CT molecular complexity index is 1480. The summed E-state index contributed by atoms with van der Waals surface area (Å²) in [5.74, 6) is -1.92. The fraction of sp³-hybridized carbons (Fsp3) is 0.514. The van der Waals surface area contributed by atoms with Crippen LogP contribution in [0.2, 0.25) is 0 Å². The van der Waals surface area contributed by atoms with Gasteiger partial charge in [-0.15, -0.1) is 0 Å². The molecule has 0 saturated heterocycles. The molecule has 5 N–H and O–H groups in total. The van der Waals surface area contributed by atoms with Crippen LogP contribution in [-0.4, -0.2) is 63.3 Å². The number of hydrogen-bond acceptors (Lipinski definition) is 7. The topological polar surface area (TPSA) is 151 Å². The molecule has 3 unspecified atom stereocenters. The first-order valence-electron chi connectivity index (χ1n) is 15.6. The molecule has 46 heavy (non-hydrogen) atoms. The van der Waals surface area contributed by atoms with Crippen LogP contribution in [-0.2, 0) is 42.1 Å². The molecule has 2 aromatic rings. The van der Waals surface area contributed by atoms with E-state index in [1.807, 2.05) is 78.8 Å². The standard InChI is InChI=1S/C35H53N5O5S/c1-23(2)28(20-24(3)31(41)39-46(44,45)22-26-18-16-25(21-36)17-19-26)40(10)33(43)30(34(4,5)6)38-32(42)29(37-9)35(7,8)27-14-12-11-13-15-27/h11-20,23,28-30,37H,21-22,36H2,1-10H3,(H,38,42)(H,39,41)/b24-20+. The lowest BCUT2D eigenvalue weighted by Gasteiger charge is -2.40. The van der Waals surface area contributed by atoms with Gasteiger partial charge in [-0.1, -0.05) is 109 Å². The van der Waals surface area contributed by atoms with Gasteiger partial charge in [0, 0.05) is 24.6 Å². The Labute approximate surface area is 275 Å². The third kappa shape index (κ3) is 10.2. The zero-order valence-corrected chi connectivity index (χ0v) is 29.8. The van der Waals surface area contributed by atoms with Gasteiger partial charge in [0.1, 0.15) is 6.04 Å². The molecular formula is C35H53N5O5S. The van der Waals surface area contributed by atoms with E-state index in [0.717, 1.165) is 11.1 Å². The lowest BCUT2D eigenvalue weighted by molar-refractivity contribution is -0.140. The first-order chi connectivity index (χ1) is 21.2. The second kappa shape index (κ2) is 15.8. The molecular weight excluding hydrogens is 602 g/mol. The lowest BCUT2D eigenvalue weighted by Crippen LogP contribution is -2.61. The largest absolute Gasteiger partial charge is 0.342 e. The summed E-state index contributed by atoms with van der Waals surface area (Å²) in [4.78, 5) is 42.4. The quantitative estimate of drug-likeness (QED) is 0.227. The van der Waals surface area contributed by atoms with E-state index < -0.39 is 44.9 Å². The molecule has 0 spiro atoms. The van der Waals surface area contributed by atoms with Gasteiger partial charge in [0.2, 0.25) is 21.8 Å². The monoisotopic (exact) mass is 655 g/mol. The summed E-state index contributed by atoms with van der Waals surface area (Å²) in [5.41, 5.74) is 6.90. The molecule has 0 bridgehead atoms. The highest BCUT2D eigenvalue weighted by Gasteiger charge is 2.41. The van der Waals surface area contributed by atoms with Gasteiger partial charge in [-0.2, -0.15) is 0 Å². The van der Waals surface area contributed by atoms with E-state index in [1.54, 1.807) is 44.4 Å². The predicted octanol–water partition coefficient (Wildman–Crippen LogP) is 3.62. The van der Waals surface area contributed by atoms with Crippen molar-refractivity contribution in [3.8, 4) is 0 Å². The molecule has 0 aliphatic carbocycles. The van der Waals surface area contributed by atoms with Crippen LogP contribution < -0.4 is 21.1 Å². The molecule has 0 saturated carbocycles. The van der Waals surface area contributed by atoms with Crippen molar-refractivity contribution >= 4 is 27.7 Å². The SMILES string of the molecule is CNC(C(=O)NC(C(=O)N(C)C(/C=C(\C)C(=O)NS(=O)(=O)Cc1ccc(CN)cc1)C(C)C)C(C)(C)C)C(C)(C)c1ccccc1. The van der Waals surface area contributed by atoms with Gasteiger partial charge in [-0.05, 0) is 42.0 Å². The summed E-state index contributed by atoms with van der Waals surface area (Å²) in [6.45, 7) is 15.3. The molecule has 3 amide bonds. The zero-order chi connectivity index (χ0) is 35.0. The second-order valence-corrected chi connectivity index (χ2v) is 15.6. The maximum atomic E-state index is 14.1. The van der Waals surface area contributed by atoms with Crippen LogP contribution in [0.5, 0.6) is 0 Å². The number of sulfonamides is 1. The van der Waals surface area contributed by atoms with Crippen LogP contribution in [0.1, 0.15) is 72.1 Å². The molecule has 0 aromatic heterocycles. The molecule has 10 nitrogen and oxygen atoms in total. The number of nitrogens with one attached hydrogen (secondary N) is 3. The Kier molecular flexibility index (Phi) is 13.3. The Morgan fingerprint density at radius 2 is 1.46 bits per heavy atom. The van der Waals surface area contributed by atoms with Gasteiger partial charge < -0.3 is 21.3 Å². The van der Waals surface area contributed by atoms with Crippen molar-refractivity contribution in [2.24, 2.45) is 17.1 Å². The molecule has 11 heteroatoms. The van der Waals surface area contributed by atoms with Crippen LogP contribution in [0.25, 0.3) is 0 Å². The van der Waals surface area contributed by atoms with Gasteiger partial charge in [0.15, 0.2) is 0 Å². The Hall–Kier alpha value is -3.54. The fourth-order valence-electron chi connectivity index (χ4n) is 5.41. The number of rotatable bonds is 14. The Morgan fingerprint density at radius 1 is 0.913 bits per heavy atom. The molecule has 2 rings (SSSR count). The number of hydrogen-bond donors (Lipinski definition) is 4. The molecule has 2 aromatic carbocycles. The summed E-state index contributed by atoms with van der Waals surface area (Å²) >= 11 is 0. The van der Waals surface area contributed by atoms with E-state index in [0.29, 0.717) is 12.1 Å². The predicted molar refractivity (Wildman–Crippen MR) is 184 cm³/mol. The molecule has 3 atom stereocenters. The van der Waals surface area contributed by atoms with E-state index >= 15 is 0 Å². The van der Waals surface area contributed by atoms with Crippen LogP contribution in [0.3, 0.4) is 0 Å². The van der Waals surface area contributed by atoms with Gasteiger partial charge in [-0.3, -0.25) is 14.4 Å². The van der Waals surface area contributed by atoms with Crippen LogP contribution >= 0.6 is 0 Å². The van der Waals surface area contributed by atoms with Crippen molar-refractivity contribution in [1.82, 2.24) is 20.3 Å². The average molecular weight is 656 g/mol. The summed E-state index contributed by atoms with van der Waals surface area (Å²) in [5, 5.41) is 6.16. The number of nitrogens with two attached hydrogens (primary N) is 1. The summed E-state index contributed by atoms with van der Waals surface area (Å²) in [6, 6.07) is 14.5. The number of nitrogens with zero attached hydrogens (tertiary/aromatic N) is 1. The van der Waals surface area contributed by atoms with E-state index in [2.05, 4.69) is 15.4 Å². The van der Waals surface area contributed by atoms with Crippen LogP contribution in [0.4, 0.5) is 0 Å². The van der Waals surface area contributed by atoms with E-state index in [1.165, 1.54) is 11.8 Å². The molecule has 0 radical (unpaired) electrons. The summed E-state index contributed by atoms with van der Waals surface area (Å²) < 4.78 is 27.7. The first-order valence-corrected chi connectivity index (χ1v) is 17.2. The van der Waals surface area contributed by atoms with Crippen molar-refractivity contribution < 1.29 is 22.8 Å². The smallest absolute Gasteiger partial charge is 0.260 e. The summed E-state index contributed by atoms with van der Waals surface area (Å²) in [7, 11) is -0.634. The van der Waals surface area contributed by atoms with Crippen molar-refractivity contribution in [3.63, 3.8) is 0 Å². The van der Waals surface area contributed by atoms with Gasteiger partial charge in [0.05, 0.1) is 17.8 Å². The summed E-state index contributed by atoms with van der Waals surface area (Å²) in [6.07, 6.45) is 1.60. The molecule has 0 fully saturated rings. The maximum absolute atomic E-state index is 14.1. The Balaban J connectivity index is 2.28. The molecule has 0 heterocycles.